The lowest BCUT2D eigenvalue weighted by Crippen LogP contribution is -2.19. The van der Waals surface area contributed by atoms with E-state index in [1.807, 2.05) is 43.0 Å². The Morgan fingerprint density at radius 1 is 1.38 bits per heavy atom. The number of benzene rings is 1. The average Bonchev–Trinajstić information content (AvgIpc) is 2.50. The van der Waals surface area contributed by atoms with Crippen molar-refractivity contribution in [1.82, 2.24) is 4.98 Å². The summed E-state index contributed by atoms with van der Waals surface area (Å²) in [4.78, 5) is 18.1. The molecule has 2 N–H and O–H groups in total. The number of aryl methyl sites for hydroxylation is 1. The summed E-state index contributed by atoms with van der Waals surface area (Å²) in [6.07, 6.45) is 1.49. The Morgan fingerprint density at radius 2 is 2.10 bits per heavy atom. The first-order chi connectivity index (χ1) is 10.1. The van der Waals surface area contributed by atoms with Crippen LogP contribution >= 0.6 is 0 Å². The lowest BCUT2D eigenvalue weighted by molar-refractivity contribution is 0.0602. The Labute approximate surface area is 124 Å². The molecule has 0 aliphatic heterocycles. The number of hydrogen-bond acceptors (Lipinski definition) is 5. The first-order valence-electron chi connectivity index (χ1n) is 6.75. The Morgan fingerprint density at radius 3 is 2.71 bits per heavy atom. The number of nitrogen functional groups attached to an aromatic ring is 1. The lowest BCUT2D eigenvalue weighted by Gasteiger charge is -2.24. The molecule has 1 aromatic carbocycles. The predicted molar refractivity (Wildman–Crippen MR) is 83.8 cm³/mol. The summed E-state index contributed by atoms with van der Waals surface area (Å²) < 4.78 is 4.75. The van der Waals surface area contributed by atoms with E-state index >= 15 is 0 Å². The van der Waals surface area contributed by atoms with Crippen molar-refractivity contribution in [3.05, 3.63) is 47.7 Å². The molecule has 0 aliphatic carbocycles. The van der Waals surface area contributed by atoms with Crippen molar-refractivity contribution < 1.29 is 9.53 Å². The third-order valence-electron chi connectivity index (χ3n) is 3.32. The number of methoxy groups -OCH3 is 1. The van der Waals surface area contributed by atoms with Gasteiger partial charge in [-0.05, 0) is 31.5 Å². The highest BCUT2D eigenvalue weighted by Crippen LogP contribution is 2.28. The van der Waals surface area contributed by atoms with Gasteiger partial charge in [-0.25, -0.2) is 9.78 Å². The first-order valence-corrected chi connectivity index (χ1v) is 6.75. The number of carbonyl (C=O) groups is 1. The number of esters is 1. The Kier molecular flexibility index (Phi) is 4.42. The van der Waals surface area contributed by atoms with E-state index in [1.54, 1.807) is 6.07 Å². The Hall–Kier alpha value is -2.56. The van der Waals surface area contributed by atoms with Crippen molar-refractivity contribution in [2.75, 3.05) is 24.3 Å². The van der Waals surface area contributed by atoms with Gasteiger partial charge in [0.2, 0.25) is 0 Å². The molecule has 0 fully saturated rings. The van der Waals surface area contributed by atoms with Crippen LogP contribution in [0.5, 0.6) is 0 Å². The number of pyridine rings is 1. The van der Waals surface area contributed by atoms with Crippen LogP contribution in [0.25, 0.3) is 0 Å². The van der Waals surface area contributed by atoms with E-state index in [4.69, 9.17) is 10.5 Å². The van der Waals surface area contributed by atoms with Crippen molar-refractivity contribution in [2.24, 2.45) is 0 Å². The SMILES string of the molecule is CCN(c1cc(C(=O)OC)c(N)cn1)c1ccccc1C. The molecule has 0 spiro atoms. The van der Waals surface area contributed by atoms with Crippen LogP contribution < -0.4 is 10.6 Å². The zero-order valence-corrected chi connectivity index (χ0v) is 12.5. The highest BCUT2D eigenvalue weighted by atomic mass is 16.5. The Balaban J connectivity index is 2.49. The maximum absolute atomic E-state index is 11.8. The molecule has 21 heavy (non-hydrogen) atoms. The molecule has 0 saturated heterocycles. The van der Waals surface area contributed by atoms with Crippen molar-refractivity contribution in [3.8, 4) is 0 Å². The summed E-state index contributed by atoms with van der Waals surface area (Å²) in [7, 11) is 1.33. The average molecular weight is 285 g/mol. The number of anilines is 3. The highest BCUT2D eigenvalue weighted by molar-refractivity contribution is 5.95. The minimum Gasteiger partial charge on any atom is -0.465 e. The molecule has 0 radical (unpaired) electrons. The van der Waals surface area contributed by atoms with E-state index in [1.165, 1.54) is 13.3 Å². The molecular formula is C16H19N3O2. The quantitative estimate of drug-likeness (QED) is 0.875. The third-order valence-corrected chi connectivity index (χ3v) is 3.32. The number of nitrogens with two attached hydrogens (primary N) is 1. The van der Waals surface area contributed by atoms with Gasteiger partial charge in [0.25, 0.3) is 0 Å². The van der Waals surface area contributed by atoms with E-state index in [-0.39, 0.29) is 0 Å². The fourth-order valence-electron chi connectivity index (χ4n) is 2.21. The molecule has 5 heteroatoms. The molecule has 0 aliphatic rings. The molecule has 0 amide bonds. The van der Waals surface area contributed by atoms with Gasteiger partial charge in [0.05, 0.1) is 24.6 Å². The molecular weight excluding hydrogens is 266 g/mol. The van der Waals surface area contributed by atoms with Gasteiger partial charge in [-0.1, -0.05) is 18.2 Å². The standard InChI is InChI=1S/C16H19N3O2/c1-4-19(14-8-6-5-7-11(14)2)15-9-12(16(20)21-3)13(17)10-18-15/h5-10H,4,17H2,1-3H3. The van der Waals surface area contributed by atoms with E-state index < -0.39 is 5.97 Å². The van der Waals surface area contributed by atoms with Crippen LogP contribution in [-0.2, 0) is 4.74 Å². The van der Waals surface area contributed by atoms with Gasteiger partial charge in [-0.3, -0.25) is 0 Å². The molecule has 110 valence electrons. The summed E-state index contributed by atoms with van der Waals surface area (Å²) in [5, 5.41) is 0. The molecule has 2 aromatic rings. The number of rotatable bonds is 4. The van der Waals surface area contributed by atoms with Crippen molar-refractivity contribution in [2.45, 2.75) is 13.8 Å². The lowest BCUT2D eigenvalue weighted by atomic mass is 10.1. The number of nitrogens with zero attached hydrogens (tertiary/aromatic N) is 2. The van der Waals surface area contributed by atoms with Gasteiger partial charge in [-0.15, -0.1) is 0 Å². The number of carbonyl (C=O) groups excluding carboxylic acids is 1. The fraction of sp³-hybridized carbons (Fsp3) is 0.250. The second-order valence-electron chi connectivity index (χ2n) is 4.65. The van der Waals surface area contributed by atoms with E-state index in [0.717, 1.165) is 17.8 Å². The molecule has 1 aromatic heterocycles. The van der Waals surface area contributed by atoms with E-state index in [2.05, 4.69) is 4.98 Å². The molecule has 1 heterocycles. The van der Waals surface area contributed by atoms with Gasteiger partial charge < -0.3 is 15.4 Å². The minimum absolute atomic E-state index is 0.312. The second kappa shape index (κ2) is 6.26. The van der Waals surface area contributed by atoms with Crippen LogP contribution in [0.4, 0.5) is 17.2 Å². The van der Waals surface area contributed by atoms with Gasteiger partial charge in [0, 0.05) is 12.2 Å². The maximum Gasteiger partial charge on any atom is 0.340 e. The van der Waals surface area contributed by atoms with Crippen LogP contribution in [0.3, 0.4) is 0 Å². The van der Waals surface area contributed by atoms with Crippen molar-refractivity contribution >= 4 is 23.2 Å². The summed E-state index contributed by atoms with van der Waals surface area (Å²) in [5.41, 5.74) is 8.62. The monoisotopic (exact) mass is 285 g/mol. The summed E-state index contributed by atoms with van der Waals surface area (Å²) in [6.45, 7) is 4.79. The number of hydrogen-bond donors (Lipinski definition) is 1. The molecule has 2 rings (SSSR count). The van der Waals surface area contributed by atoms with Crippen LogP contribution in [0, 0.1) is 6.92 Å². The highest BCUT2D eigenvalue weighted by Gasteiger charge is 2.16. The number of para-hydroxylation sites is 1. The van der Waals surface area contributed by atoms with Crippen LogP contribution in [-0.4, -0.2) is 24.6 Å². The molecule has 5 nitrogen and oxygen atoms in total. The zero-order chi connectivity index (χ0) is 15.4. The van der Waals surface area contributed by atoms with Gasteiger partial charge in [0.1, 0.15) is 5.82 Å². The second-order valence-corrected chi connectivity index (χ2v) is 4.65. The van der Waals surface area contributed by atoms with Crippen LogP contribution in [0.15, 0.2) is 36.5 Å². The van der Waals surface area contributed by atoms with E-state index in [0.29, 0.717) is 17.1 Å². The molecule has 0 saturated carbocycles. The molecule has 0 atom stereocenters. The molecule has 0 bridgehead atoms. The smallest absolute Gasteiger partial charge is 0.340 e. The predicted octanol–water partition coefficient (Wildman–Crippen LogP) is 2.92. The minimum atomic E-state index is -0.461. The molecule has 0 unspecified atom stereocenters. The summed E-state index contributed by atoms with van der Waals surface area (Å²) in [5.74, 6) is 0.207. The van der Waals surface area contributed by atoms with Gasteiger partial charge in [0.15, 0.2) is 0 Å². The zero-order valence-electron chi connectivity index (χ0n) is 12.5. The van der Waals surface area contributed by atoms with Gasteiger partial charge in [-0.2, -0.15) is 0 Å². The fourth-order valence-corrected chi connectivity index (χ4v) is 2.21. The topological polar surface area (TPSA) is 68.5 Å². The van der Waals surface area contributed by atoms with Gasteiger partial charge >= 0.3 is 5.97 Å². The first kappa shape index (κ1) is 14.8. The number of ether oxygens (including phenoxy) is 1. The van der Waals surface area contributed by atoms with Crippen molar-refractivity contribution in [1.29, 1.82) is 0 Å². The largest absolute Gasteiger partial charge is 0.465 e. The van der Waals surface area contributed by atoms with Crippen molar-refractivity contribution in [3.63, 3.8) is 0 Å². The van der Waals surface area contributed by atoms with E-state index in [9.17, 15) is 4.79 Å². The van der Waals surface area contributed by atoms with Crippen LogP contribution in [0.2, 0.25) is 0 Å². The third kappa shape index (κ3) is 2.97. The Bertz CT molecular complexity index is 656. The normalized spacial score (nSPS) is 10.2. The summed E-state index contributed by atoms with van der Waals surface area (Å²) in [6, 6.07) is 9.69. The number of aromatic nitrogens is 1. The van der Waals surface area contributed by atoms with Crippen LogP contribution in [0.1, 0.15) is 22.8 Å². The maximum atomic E-state index is 11.8. The summed E-state index contributed by atoms with van der Waals surface area (Å²) >= 11 is 0.